The average molecular weight is 619 g/mol. The number of carboxylic acids is 1. The van der Waals surface area contributed by atoms with Crippen LogP contribution >= 0.6 is 0 Å². The molecular weight excluding hydrogens is 564 g/mol. The lowest BCUT2D eigenvalue weighted by Crippen LogP contribution is -2.67. The molecule has 3 N–H and O–H groups in total. The Morgan fingerprint density at radius 2 is 1.64 bits per heavy atom. The number of phenolic OH excluding ortho intramolecular Hbond substituents is 1. The normalized spacial score (nSPS) is 43.7. The Kier molecular flexibility index (Phi) is 7.90. The van der Waals surface area contributed by atoms with Gasteiger partial charge in [0, 0.05) is 11.5 Å². The first kappa shape index (κ1) is 32.3. The molecule has 5 aliphatic rings. The minimum atomic E-state index is -0.773. The average Bonchev–Trinajstić information content (AvgIpc) is 2.99. The standard InChI is InChI=1S/C39H54O6/c1-24-15-20-38(34(43)44)21-22-39(23-45-32(42)14-9-26-7-10-27(40)11-8-26)28(33(38)25(24)2)12-13-30-36(5)18-17-31(41)35(3,4)29(36)16-19-37(30,39)6/h7-12,14,24-25,29-31,33,40-41H,13,15-23H2,1-6H3,(H,43,44)/b14-9+/t24-,25+,29?,30-,31+,33+,36+,37-,38+,39+/m0/s1. The summed E-state index contributed by atoms with van der Waals surface area (Å²) >= 11 is 0. The zero-order chi connectivity index (χ0) is 32.6. The number of aliphatic hydroxyl groups is 1. The van der Waals surface area contributed by atoms with Crippen LogP contribution in [0.4, 0.5) is 0 Å². The van der Waals surface area contributed by atoms with E-state index in [-0.39, 0.29) is 46.5 Å². The molecule has 4 fully saturated rings. The topological polar surface area (TPSA) is 104 Å². The smallest absolute Gasteiger partial charge is 0.330 e. The van der Waals surface area contributed by atoms with Crippen molar-refractivity contribution in [2.45, 2.75) is 105 Å². The summed E-state index contributed by atoms with van der Waals surface area (Å²) in [5, 5.41) is 31.6. The number of hydrogen-bond donors (Lipinski definition) is 3. The molecule has 0 radical (unpaired) electrons. The first-order valence-electron chi connectivity index (χ1n) is 17.4. The number of hydrogen-bond acceptors (Lipinski definition) is 5. The molecule has 0 heterocycles. The molecular formula is C39H54O6. The van der Waals surface area contributed by atoms with Gasteiger partial charge in [-0.05, 0) is 127 Å². The molecule has 1 aromatic carbocycles. The quantitative estimate of drug-likeness (QED) is 0.175. The number of carboxylic acid groups (broad SMARTS) is 1. The van der Waals surface area contributed by atoms with Crippen LogP contribution in [0.3, 0.4) is 0 Å². The van der Waals surface area contributed by atoms with Gasteiger partial charge in [0.15, 0.2) is 0 Å². The first-order chi connectivity index (χ1) is 21.1. The summed E-state index contributed by atoms with van der Waals surface area (Å²) < 4.78 is 6.26. The summed E-state index contributed by atoms with van der Waals surface area (Å²) in [6.07, 6.45) is 12.9. The van der Waals surface area contributed by atoms with Crippen molar-refractivity contribution in [3.63, 3.8) is 0 Å². The van der Waals surface area contributed by atoms with Crippen LogP contribution in [0.1, 0.15) is 105 Å². The number of carbonyl (C=O) groups excluding carboxylic acids is 1. The van der Waals surface area contributed by atoms with Crippen LogP contribution in [0.2, 0.25) is 0 Å². The second kappa shape index (κ2) is 11.0. The van der Waals surface area contributed by atoms with Gasteiger partial charge in [0.25, 0.3) is 0 Å². The largest absolute Gasteiger partial charge is 0.508 e. The molecule has 6 heteroatoms. The maximum Gasteiger partial charge on any atom is 0.330 e. The summed E-state index contributed by atoms with van der Waals surface area (Å²) in [6.45, 7) is 14.2. The molecule has 0 aromatic heterocycles. The fraction of sp³-hybridized carbons (Fsp3) is 0.692. The molecule has 4 saturated carbocycles. The van der Waals surface area contributed by atoms with Gasteiger partial charge in [-0.1, -0.05) is 65.3 Å². The van der Waals surface area contributed by atoms with Crippen LogP contribution in [0, 0.1) is 56.7 Å². The van der Waals surface area contributed by atoms with Gasteiger partial charge in [0.1, 0.15) is 12.4 Å². The highest BCUT2D eigenvalue weighted by atomic mass is 16.5. The van der Waals surface area contributed by atoms with E-state index >= 15 is 0 Å². The van der Waals surface area contributed by atoms with E-state index in [1.807, 2.05) is 0 Å². The van der Waals surface area contributed by atoms with Crippen LogP contribution in [0.25, 0.3) is 6.08 Å². The van der Waals surface area contributed by atoms with Gasteiger partial charge in [-0.2, -0.15) is 0 Å². The lowest BCUT2D eigenvalue weighted by atomic mass is 9.33. The molecule has 0 spiro atoms. The summed E-state index contributed by atoms with van der Waals surface area (Å²) in [5.74, 6) is 0.422. The number of carbonyl (C=O) groups is 2. The molecule has 45 heavy (non-hydrogen) atoms. The minimum absolute atomic E-state index is 0.0281. The molecule has 0 amide bonds. The third kappa shape index (κ3) is 4.66. The van der Waals surface area contributed by atoms with Crippen molar-refractivity contribution >= 4 is 18.0 Å². The number of allylic oxidation sites excluding steroid dienone is 1. The van der Waals surface area contributed by atoms with Crippen molar-refractivity contribution in [3.05, 3.63) is 47.6 Å². The Balaban J connectivity index is 1.42. The molecule has 6 nitrogen and oxygen atoms in total. The third-order valence-corrected chi connectivity index (χ3v) is 14.8. The Morgan fingerprint density at radius 3 is 2.33 bits per heavy atom. The fourth-order valence-electron chi connectivity index (χ4n) is 12.0. The number of ether oxygens (including phenoxy) is 1. The van der Waals surface area contributed by atoms with Gasteiger partial charge in [-0.15, -0.1) is 0 Å². The molecule has 1 aromatic rings. The molecule has 5 aliphatic carbocycles. The number of benzene rings is 1. The first-order valence-corrected chi connectivity index (χ1v) is 17.4. The predicted molar refractivity (Wildman–Crippen MR) is 175 cm³/mol. The summed E-state index contributed by atoms with van der Waals surface area (Å²) in [5.41, 5.74) is 0.520. The van der Waals surface area contributed by atoms with Crippen molar-refractivity contribution in [1.82, 2.24) is 0 Å². The van der Waals surface area contributed by atoms with Crippen molar-refractivity contribution in [2.24, 2.45) is 56.7 Å². The Hall–Kier alpha value is -2.60. The van der Waals surface area contributed by atoms with Crippen LogP contribution in [-0.2, 0) is 14.3 Å². The van der Waals surface area contributed by atoms with Crippen LogP contribution in [-0.4, -0.2) is 40.0 Å². The molecule has 10 atom stereocenters. The Bertz CT molecular complexity index is 1390. The second-order valence-corrected chi connectivity index (χ2v) is 16.8. The zero-order valence-corrected chi connectivity index (χ0v) is 28.1. The van der Waals surface area contributed by atoms with E-state index in [2.05, 4.69) is 47.6 Å². The monoisotopic (exact) mass is 618 g/mol. The van der Waals surface area contributed by atoms with Crippen molar-refractivity contribution in [3.8, 4) is 5.75 Å². The number of fused-ring (bicyclic) bond motifs is 7. The molecule has 0 bridgehead atoms. The number of phenols is 1. The molecule has 1 unspecified atom stereocenters. The van der Waals surface area contributed by atoms with Gasteiger partial charge in [0.05, 0.1) is 11.5 Å². The molecule has 246 valence electrons. The fourth-order valence-corrected chi connectivity index (χ4v) is 12.0. The molecule has 0 aliphatic heterocycles. The van der Waals surface area contributed by atoms with E-state index in [4.69, 9.17) is 4.74 Å². The Labute approximate surface area is 269 Å². The summed E-state index contributed by atoms with van der Waals surface area (Å²) in [6, 6.07) is 6.70. The minimum Gasteiger partial charge on any atom is -0.508 e. The maximum atomic E-state index is 13.3. The number of rotatable bonds is 5. The number of esters is 1. The number of aliphatic hydroxyl groups excluding tert-OH is 1. The van der Waals surface area contributed by atoms with Gasteiger partial charge in [-0.25, -0.2) is 4.79 Å². The predicted octanol–water partition coefficient (Wildman–Crippen LogP) is 8.03. The van der Waals surface area contributed by atoms with Gasteiger partial charge in [0.2, 0.25) is 0 Å². The van der Waals surface area contributed by atoms with E-state index in [0.29, 0.717) is 37.0 Å². The van der Waals surface area contributed by atoms with Gasteiger partial charge >= 0.3 is 11.9 Å². The highest BCUT2D eigenvalue weighted by Crippen LogP contribution is 2.76. The summed E-state index contributed by atoms with van der Waals surface area (Å²) in [7, 11) is 0. The van der Waals surface area contributed by atoms with E-state index in [0.717, 1.165) is 44.1 Å². The molecule has 0 saturated heterocycles. The van der Waals surface area contributed by atoms with Crippen LogP contribution < -0.4 is 0 Å². The number of aliphatic carboxylic acids is 1. The van der Waals surface area contributed by atoms with Gasteiger partial charge < -0.3 is 20.1 Å². The van der Waals surface area contributed by atoms with Crippen LogP contribution in [0.15, 0.2) is 42.0 Å². The molecule has 6 rings (SSSR count). The van der Waals surface area contributed by atoms with E-state index in [1.54, 1.807) is 30.3 Å². The highest BCUT2D eigenvalue weighted by molar-refractivity contribution is 5.87. The van der Waals surface area contributed by atoms with Crippen molar-refractivity contribution in [1.29, 1.82) is 0 Å². The van der Waals surface area contributed by atoms with Crippen LogP contribution in [0.5, 0.6) is 5.75 Å². The lowest BCUT2D eigenvalue weighted by molar-refractivity contribution is -0.218. The SMILES string of the molecule is C[C@@H]1[C@@H](C)CC[C@@]2(C(=O)O)CC[C@@]3(COC(=O)/C=C/c4ccc(O)cc4)C(=CC[C@@H]4[C@]3(C)CCC3C(C)(C)[C@H](O)CC[C@]34C)[C@@H]12. The van der Waals surface area contributed by atoms with E-state index < -0.39 is 22.8 Å². The van der Waals surface area contributed by atoms with E-state index in [9.17, 15) is 24.9 Å². The number of aromatic hydroxyl groups is 1. The van der Waals surface area contributed by atoms with Gasteiger partial charge in [-0.3, -0.25) is 4.79 Å². The second-order valence-electron chi connectivity index (χ2n) is 16.8. The zero-order valence-electron chi connectivity index (χ0n) is 28.1. The summed E-state index contributed by atoms with van der Waals surface area (Å²) in [4.78, 5) is 26.5. The highest BCUT2D eigenvalue weighted by Gasteiger charge is 2.71. The lowest BCUT2D eigenvalue weighted by Gasteiger charge is -2.71. The third-order valence-electron chi connectivity index (χ3n) is 14.8. The Morgan fingerprint density at radius 1 is 0.933 bits per heavy atom. The van der Waals surface area contributed by atoms with Crippen molar-refractivity contribution in [2.75, 3.05) is 6.61 Å². The van der Waals surface area contributed by atoms with Crippen molar-refractivity contribution < 1.29 is 29.6 Å². The maximum absolute atomic E-state index is 13.3. The van der Waals surface area contributed by atoms with E-state index in [1.165, 1.54) is 11.6 Å².